The zero-order valence-electron chi connectivity index (χ0n) is 17.1. The lowest BCUT2D eigenvalue weighted by molar-refractivity contribution is 0.177. The largest absolute Gasteiger partial charge is 0.447 e. The first-order valence-corrected chi connectivity index (χ1v) is 10.3. The van der Waals surface area contributed by atoms with Crippen LogP contribution in [0.25, 0.3) is 0 Å². The number of hydrogen-bond acceptors (Lipinski definition) is 7. The maximum atomic E-state index is 13.2. The molecule has 2 saturated heterocycles. The Morgan fingerprint density at radius 3 is 2.77 bits per heavy atom. The SMILES string of the molecule is C[C@H](Nc1nccc(N2C(=O)OC[C@@H]2CF)n1)c1ccc(CN2CCNCC2)cc1. The van der Waals surface area contributed by atoms with E-state index in [0.717, 1.165) is 38.3 Å². The van der Waals surface area contributed by atoms with Crippen LogP contribution >= 0.6 is 0 Å². The van der Waals surface area contributed by atoms with Crippen LogP contribution < -0.4 is 15.5 Å². The summed E-state index contributed by atoms with van der Waals surface area (Å²) in [6.07, 6.45) is 0.963. The molecule has 0 unspecified atom stereocenters. The Bertz CT molecular complexity index is 859. The van der Waals surface area contributed by atoms with Gasteiger partial charge < -0.3 is 15.4 Å². The Balaban J connectivity index is 1.40. The molecule has 8 nitrogen and oxygen atoms in total. The predicted molar refractivity (Wildman–Crippen MR) is 112 cm³/mol. The number of halogens is 1. The summed E-state index contributed by atoms with van der Waals surface area (Å²) in [4.78, 5) is 24.2. The van der Waals surface area contributed by atoms with Gasteiger partial charge in [0.2, 0.25) is 5.95 Å². The quantitative estimate of drug-likeness (QED) is 0.720. The van der Waals surface area contributed by atoms with Crippen molar-refractivity contribution in [3.63, 3.8) is 0 Å². The number of hydrogen-bond donors (Lipinski definition) is 2. The molecule has 0 saturated carbocycles. The molecule has 2 atom stereocenters. The lowest BCUT2D eigenvalue weighted by atomic mass is 10.1. The molecule has 1 amide bonds. The molecule has 3 heterocycles. The van der Waals surface area contributed by atoms with Crippen molar-refractivity contribution in [2.24, 2.45) is 0 Å². The molecule has 1 aromatic heterocycles. The summed E-state index contributed by atoms with van der Waals surface area (Å²) in [5.74, 6) is 0.707. The van der Waals surface area contributed by atoms with E-state index in [1.54, 1.807) is 12.3 Å². The number of amides is 1. The number of nitrogens with zero attached hydrogens (tertiary/aromatic N) is 4. The van der Waals surface area contributed by atoms with Gasteiger partial charge in [-0.25, -0.2) is 14.2 Å². The lowest BCUT2D eigenvalue weighted by Crippen LogP contribution is -2.42. The van der Waals surface area contributed by atoms with Gasteiger partial charge >= 0.3 is 6.09 Å². The first kappa shape index (κ1) is 20.5. The average Bonchev–Trinajstić information content (AvgIpc) is 3.15. The maximum absolute atomic E-state index is 13.2. The highest BCUT2D eigenvalue weighted by Gasteiger charge is 2.35. The summed E-state index contributed by atoms with van der Waals surface area (Å²) < 4.78 is 18.1. The van der Waals surface area contributed by atoms with Crippen molar-refractivity contribution < 1.29 is 13.9 Å². The van der Waals surface area contributed by atoms with E-state index < -0.39 is 18.8 Å². The molecule has 9 heteroatoms. The molecule has 2 aliphatic heterocycles. The monoisotopic (exact) mass is 414 g/mol. The number of aromatic nitrogens is 2. The predicted octanol–water partition coefficient (Wildman–Crippen LogP) is 2.35. The topological polar surface area (TPSA) is 82.6 Å². The van der Waals surface area contributed by atoms with Gasteiger partial charge in [0.05, 0.1) is 6.04 Å². The Morgan fingerprint density at radius 1 is 1.27 bits per heavy atom. The van der Waals surface area contributed by atoms with Crippen molar-refractivity contribution in [1.29, 1.82) is 0 Å². The Kier molecular flexibility index (Phi) is 6.39. The minimum absolute atomic E-state index is 0.0266. The third-order valence-electron chi connectivity index (χ3n) is 5.47. The smallest absolute Gasteiger partial charge is 0.416 e. The van der Waals surface area contributed by atoms with E-state index in [0.29, 0.717) is 11.8 Å². The van der Waals surface area contributed by atoms with E-state index in [1.165, 1.54) is 10.5 Å². The van der Waals surface area contributed by atoms with Gasteiger partial charge in [0.15, 0.2) is 0 Å². The summed E-state index contributed by atoms with van der Waals surface area (Å²) in [6, 6.07) is 9.41. The van der Waals surface area contributed by atoms with E-state index in [1.807, 2.05) is 6.92 Å². The first-order valence-electron chi connectivity index (χ1n) is 10.3. The zero-order chi connectivity index (χ0) is 20.9. The van der Waals surface area contributed by atoms with Crippen molar-refractivity contribution in [2.75, 3.05) is 49.7 Å². The second kappa shape index (κ2) is 9.36. The summed E-state index contributed by atoms with van der Waals surface area (Å²) >= 11 is 0. The summed E-state index contributed by atoms with van der Waals surface area (Å²) in [5.41, 5.74) is 2.39. The third-order valence-corrected chi connectivity index (χ3v) is 5.47. The van der Waals surface area contributed by atoms with Gasteiger partial charge in [-0.3, -0.25) is 9.80 Å². The molecule has 160 valence electrons. The highest BCUT2D eigenvalue weighted by Crippen LogP contribution is 2.24. The molecular formula is C21H27FN6O2. The number of benzene rings is 1. The third kappa shape index (κ3) is 4.68. The van der Waals surface area contributed by atoms with Crippen LogP contribution in [0.4, 0.5) is 21.0 Å². The average molecular weight is 414 g/mol. The molecule has 30 heavy (non-hydrogen) atoms. The lowest BCUT2D eigenvalue weighted by Gasteiger charge is -2.27. The van der Waals surface area contributed by atoms with Crippen molar-refractivity contribution >= 4 is 17.9 Å². The molecule has 1 aromatic carbocycles. The Hall–Kier alpha value is -2.78. The van der Waals surface area contributed by atoms with Gasteiger partial charge in [-0.15, -0.1) is 0 Å². The van der Waals surface area contributed by atoms with E-state index in [4.69, 9.17) is 4.74 Å². The normalized spacial score (nSPS) is 20.8. The van der Waals surface area contributed by atoms with Crippen molar-refractivity contribution in [3.8, 4) is 0 Å². The first-order chi connectivity index (χ1) is 14.6. The van der Waals surface area contributed by atoms with Crippen LogP contribution in [-0.2, 0) is 11.3 Å². The molecule has 0 bridgehead atoms. The van der Waals surface area contributed by atoms with E-state index >= 15 is 0 Å². The number of alkyl halides is 1. The standard InChI is InChI=1S/C21H27FN6O2/c1-15(17-4-2-16(3-5-17)13-27-10-8-23-9-11-27)25-20-24-7-6-19(26-20)28-18(12-22)14-30-21(28)29/h2-7,15,18,23H,8-14H2,1H3,(H,24,25,26)/t15-,18-/m0/s1. The molecule has 0 aliphatic carbocycles. The van der Waals surface area contributed by atoms with Crippen LogP contribution in [0, 0.1) is 0 Å². The van der Waals surface area contributed by atoms with Crippen LogP contribution in [0.5, 0.6) is 0 Å². The highest BCUT2D eigenvalue weighted by molar-refractivity contribution is 5.89. The number of anilines is 2. The van der Waals surface area contributed by atoms with Crippen molar-refractivity contribution in [2.45, 2.75) is 25.6 Å². The van der Waals surface area contributed by atoms with E-state index in [9.17, 15) is 9.18 Å². The van der Waals surface area contributed by atoms with Gasteiger partial charge in [-0.1, -0.05) is 24.3 Å². The molecule has 2 N–H and O–H groups in total. The van der Waals surface area contributed by atoms with Gasteiger partial charge in [-0.2, -0.15) is 4.98 Å². The fraction of sp³-hybridized carbons (Fsp3) is 0.476. The van der Waals surface area contributed by atoms with E-state index in [2.05, 4.69) is 49.8 Å². The number of cyclic esters (lactones) is 1. The molecule has 2 aromatic rings. The Labute approximate surface area is 175 Å². The minimum atomic E-state index is -0.685. The van der Waals surface area contributed by atoms with Gasteiger partial charge in [-0.05, 0) is 24.1 Å². The van der Waals surface area contributed by atoms with Crippen molar-refractivity contribution in [3.05, 3.63) is 47.7 Å². The van der Waals surface area contributed by atoms with Crippen LogP contribution in [0.2, 0.25) is 0 Å². The summed E-state index contributed by atoms with van der Waals surface area (Å²) in [6.45, 7) is 6.54. The minimum Gasteiger partial charge on any atom is -0.447 e. The number of nitrogens with one attached hydrogen (secondary N) is 2. The number of piperazine rings is 1. The van der Waals surface area contributed by atoms with E-state index in [-0.39, 0.29) is 12.6 Å². The summed E-state index contributed by atoms with van der Waals surface area (Å²) in [5, 5.41) is 6.63. The Morgan fingerprint density at radius 2 is 2.03 bits per heavy atom. The van der Waals surface area contributed by atoms with Crippen molar-refractivity contribution in [1.82, 2.24) is 20.2 Å². The molecule has 4 rings (SSSR count). The second-order valence-corrected chi connectivity index (χ2v) is 7.63. The number of rotatable bonds is 7. The van der Waals surface area contributed by atoms with Gasteiger partial charge in [0, 0.05) is 38.9 Å². The maximum Gasteiger partial charge on any atom is 0.416 e. The van der Waals surface area contributed by atoms with Crippen LogP contribution in [0.1, 0.15) is 24.1 Å². The molecule has 2 fully saturated rings. The van der Waals surface area contributed by atoms with Gasteiger partial charge in [0.25, 0.3) is 0 Å². The fourth-order valence-electron chi connectivity index (χ4n) is 3.72. The van der Waals surface area contributed by atoms with Crippen LogP contribution in [-0.4, -0.2) is 66.5 Å². The molecule has 0 spiro atoms. The number of carbonyl (C=O) groups excluding carboxylic acids is 1. The summed E-state index contributed by atoms with van der Waals surface area (Å²) in [7, 11) is 0. The fourth-order valence-corrected chi connectivity index (χ4v) is 3.72. The van der Waals surface area contributed by atoms with Crippen LogP contribution in [0.3, 0.4) is 0 Å². The van der Waals surface area contributed by atoms with Crippen LogP contribution in [0.15, 0.2) is 36.5 Å². The molecule has 0 radical (unpaired) electrons. The van der Waals surface area contributed by atoms with Gasteiger partial charge in [0.1, 0.15) is 25.1 Å². The zero-order valence-corrected chi connectivity index (χ0v) is 17.1. The number of carbonyl (C=O) groups is 1. The highest BCUT2D eigenvalue weighted by atomic mass is 19.1. The molecule has 2 aliphatic rings. The number of ether oxygens (including phenoxy) is 1. The second-order valence-electron chi connectivity index (χ2n) is 7.63. The molecular weight excluding hydrogens is 387 g/mol.